The normalized spacial score (nSPS) is 20.5. The van der Waals surface area contributed by atoms with Gasteiger partial charge in [0.25, 0.3) is 5.91 Å². The molecule has 0 aliphatic heterocycles. The molecule has 1 aromatic rings. The second-order valence-electron chi connectivity index (χ2n) is 8.03. The lowest BCUT2D eigenvalue weighted by atomic mass is 9.95. The van der Waals surface area contributed by atoms with Gasteiger partial charge < -0.3 is 10.1 Å². The highest BCUT2D eigenvalue weighted by Gasteiger charge is 2.23. The van der Waals surface area contributed by atoms with Gasteiger partial charge in [0.05, 0.1) is 4.90 Å². The number of ether oxygens (including phenoxy) is 1. The highest BCUT2D eigenvalue weighted by atomic mass is 32.2. The maximum atomic E-state index is 12.5. The third-order valence-corrected chi connectivity index (χ3v) is 7.23. The first-order valence-electron chi connectivity index (χ1n) is 10.5. The minimum absolute atomic E-state index is 0.0261. The van der Waals surface area contributed by atoms with E-state index in [0.29, 0.717) is 5.75 Å². The number of amides is 1. The Labute approximate surface area is 168 Å². The van der Waals surface area contributed by atoms with Crippen LogP contribution in [0.1, 0.15) is 71.1 Å². The summed E-state index contributed by atoms with van der Waals surface area (Å²) in [6, 6.07) is 6.56. The van der Waals surface area contributed by atoms with Crippen molar-refractivity contribution in [2.24, 2.45) is 0 Å². The van der Waals surface area contributed by atoms with Gasteiger partial charge in [0.1, 0.15) is 5.75 Å². The van der Waals surface area contributed by atoms with Crippen LogP contribution in [0.5, 0.6) is 5.75 Å². The van der Waals surface area contributed by atoms with Gasteiger partial charge in [0.15, 0.2) is 6.10 Å². The number of rotatable bonds is 7. The Morgan fingerprint density at radius 3 is 2.04 bits per heavy atom. The maximum Gasteiger partial charge on any atom is 0.260 e. The van der Waals surface area contributed by atoms with Crippen LogP contribution in [0.15, 0.2) is 29.2 Å². The molecule has 0 heterocycles. The molecular formula is C21H32N2O4S. The van der Waals surface area contributed by atoms with E-state index in [4.69, 9.17) is 4.74 Å². The fourth-order valence-corrected chi connectivity index (χ4v) is 5.33. The third-order valence-electron chi connectivity index (χ3n) is 5.69. The summed E-state index contributed by atoms with van der Waals surface area (Å²) in [7, 11) is -3.53. The van der Waals surface area contributed by atoms with E-state index in [0.717, 1.165) is 51.4 Å². The van der Waals surface area contributed by atoms with Crippen molar-refractivity contribution in [3.63, 3.8) is 0 Å². The predicted molar refractivity (Wildman–Crippen MR) is 109 cm³/mol. The largest absolute Gasteiger partial charge is 0.481 e. The molecule has 2 saturated carbocycles. The first-order valence-corrected chi connectivity index (χ1v) is 12.0. The van der Waals surface area contributed by atoms with Gasteiger partial charge in [0, 0.05) is 12.1 Å². The predicted octanol–water partition coefficient (Wildman–Crippen LogP) is 3.51. The lowest BCUT2D eigenvalue weighted by molar-refractivity contribution is -0.128. The molecule has 2 N–H and O–H groups in total. The van der Waals surface area contributed by atoms with Gasteiger partial charge >= 0.3 is 0 Å². The minimum atomic E-state index is -3.53. The number of carbonyl (C=O) groups excluding carboxylic acids is 1. The molecule has 2 fully saturated rings. The fraction of sp³-hybridized carbons (Fsp3) is 0.667. The van der Waals surface area contributed by atoms with Crippen LogP contribution in [0.4, 0.5) is 0 Å². The molecule has 1 atom stereocenters. The molecular weight excluding hydrogens is 376 g/mol. The van der Waals surface area contributed by atoms with Crippen LogP contribution < -0.4 is 14.8 Å². The molecule has 2 aliphatic rings. The fourth-order valence-electron chi connectivity index (χ4n) is 4.03. The molecule has 0 aromatic heterocycles. The smallest absolute Gasteiger partial charge is 0.260 e. The molecule has 6 nitrogen and oxygen atoms in total. The lowest BCUT2D eigenvalue weighted by Gasteiger charge is -2.24. The van der Waals surface area contributed by atoms with Crippen LogP contribution in [-0.2, 0) is 14.8 Å². The van der Waals surface area contributed by atoms with E-state index < -0.39 is 16.1 Å². The molecule has 0 spiro atoms. The SMILES string of the molecule is C[C@@H](Oc1ccc(S(=O)(=O)NC2CCCCC2)cc1)C(=O)NC1CCCCC1. The molecule has 3 rings (SSSR count). The minimum Gasteiger partial charge on any atom is -0.481 e. The summed E-state index contributed by atoms with van der Waals surface area (Å²) in [4.78, 5) is 12.5. The molecule has 2 aliphatic carbocycles. The second kappa shape index (κ2) is 9.74. The van der Waals surface area contributed by atoms with Crippen LogP contribution in [0.3, 0.4) is 0 Å². The standard InChI is InChI=1S/C21H32N2O4S/c1-16(21(24)22-17-8-4-2-5-9-17)27-19-12-14-20(15-13-19)28(25,26)23-18-10-6-3-7-11-18/h12-18,23H,2-11H2,1H3,(H,22,24)/t16-/m1/s1. The van der Waals surface area contributed by atoms with Gasteiger partial charge in [-0.2, -0.15) is 0 Å². The summed E-state index contributed by atoms with van der Waals surface area (Å²) in [5.74, 6) is 0.366. The Kier molecular flexibility index (Phi) is 7.35. The second-order valence-corrected chi connectivity index (χ2v) is 9.75. The molecule has 1 amide bonds. The van der Waals surface area contributed by atoms with Crippen LogP contribution in [0.25, 0.3) is 0 Å². The maximum absolute atomic E-state index is 12.5. The van der Waals surface area contributed by atoms with Crippen molar-refractivity contribution in [2.75, 3.05) is 0 Å². The molecule has 28 heavy (non-hydrogen) atoms. The summed E-state index contributed by atoms with van der Waals surface area (Å²) >= 11 is 0. The number of benzene rings is 1. The average molecular weight is 409 g/mol. The number of sulfonamides is 1. The van der Waals surface area contributed by atoms with Crippen molar-refractivity contribution in [2.45, 2.75) is 94.2 Å². The molecule has 0 bridgehead atoms. The summed E-state index contributed by atoms with van der Waals surface area (Å²) < 4.78 is 33.6. The monoisotopic (exact) mass is 408 g/mol. The van der Waals surface area contributed by atoms with E-state index in [2.05, 4.69) is 10.0 Å². The van der Waals surface area contributed by atoms with Crippen molar-refractivity contribution in [1.82, 2.24) is 10.0 Å². The van der Waals surface area contributed by atoms with E-state index in [9.17, 15) is 13.2 Å². The van der Waals surface area contributed by atoms with Crippen LogP contribution in [-0.4, -0.2) is 32.5 Å². The molecule has 156 valence electrons. The highest BCUT2D eigenvalue weighted by molar-refractivity contribution is 7.89. The van der Waals surface area contributed by atoms with Crippen LogP contribution in [0, 0.1) is 0 Å². The summed E-state index contributed by atoms with van der Waals surface area (Å²) in [6.07, 6.45) is 10.1. The van der Waals surface area contributed by atoms with E-state index >= 15 is 0 Å². The van der Waals surface area contributed by atoms with Crippen LogP contribution >= 0.6 is 0 Å². The van der Waals surface area contributed by atoms with Gasteiger partial charge in [-0.15, -0.1) is 0 Å². The van der Waals surface area contributed by atoms with E-state index in [1.54, 1.807) is 19.1 Å². The van der Waals surface area contributed by atoms with Crippen molar-refractivity contribution >= 4 is 15.9 Å². The van der Waals surface area contributed by atoms with Gasteiger partial charge in [-0.25, -0.2) is 13.1 Å². The zero-order chi connectivity index (χ0) is 20.0. The number of carbonyl (C=O) groups is 1. The van der Waals surface area contributed by atoms with Crippen LogP contribution in [0.2, 0.25) is 0 Å². The zero-order valence-electron chi connectivity index (χ0n) is 16.7. The highest BCUT2D eigenvalue weighted by Crippen LogP contribution is 2.22. The number of hydrogen-bond donors (Lipinski definition) is 2. The molecule has 0 radical (unpaired) electrons. The Balaban J connectivity index is 1.53. The Morgan fingerprint density at radius 1 is 0.929 bits per heavy atom. The van der Waals surface area contributed by atoms with Gasteiger partial charge in [-0.1, -0.05) is 38.5 Å². The Hall–Kier alpha value is -1.60. The Morgan fingerprint density at radius 2 is 1.46 bits per heavy atom. The van der Waals surface area contributed by atoms with Crippen molar-refractivity contribution in [3.05, 3.63) is 24.3 Å². The lowest BCUT2D eigenvalue weighted by Crippen LogP contribution is -2.43. The van der Waals surface area contributed by atoms with E-state index in [1.165, 1.54) is 25.0 Å². The molecule has 1 aromatic carbocycles. The van der Waals surface area contributed by atoms with E-state index in [1.807, 2.05) is 0 Å². The molecule has 7 heteroatoms. The van der Waals surface area contributed by atoms with Gasteiger partial charge in [-0.05, 0) is 56.9 Å². The van der Waals surface area contributed by atoms with Gasteiger partial charge in [0.2, 0.25) is 10.0 Å². The quantitative estimate of drug-likeness (QED) is 0.723. The molecule has 0 unspecified atom stereocenters. The van der Waals surface area contributed by atoms with Gasteiger partial charge in [-0.3, -0.25) is 4.79 Å². The first kappa shape index (κ1) is 21.1. The Bertz CT molecular complexity index is 736. The average Bonchev–Trinajstić information content (AvgIpc) is 2.69. The zero-order valence-corrected chi connectivity index (χ0v) is 17.5. The third kappa shape index (κ3) is 5.95. The number of nitrogens with one attached hydrogen (secondary N) is 2. The van der Waals surface area contributed by atoms with Crippen molar-refractivity contribution < 1.29 is 17.9 Å². The molecule has 0 saturated heterocycles. The topological polar surface area (TPSA) is 84.5 Å². The first-order chi connectivity index (χ1) is 13.4. The van der Waals surface area contributed by atoms with Crippen molar-refractivity contribution in [1.29, 1.82) is 0 Å². The summed E-state index contributed by atoms with van der Waals surface area (Å²) in [5, 5.41) is 3.05. The van der Waals surface area contributed by atoms with E-state index in [-0.39, 0.29) is 22.9 Å². The number of hydrogen-bond acceptors (Lipinski definition) is 4. The van der Waals surface area contributed by atoms with Crippen molar-refractivity contribution in [3.8, 4) is 5.75 Å². The summed E-state index contributed by atoms with van der Waals surface area (Å²) in [5.41, 5.74) is 0. The summed E-state index contributed by atoms with van der Waals surface area (Å²) in [6.45, 7) is 1.72.